The Morgan fingerprint density at radius 2 is 2.10 bits per heavy atom. The molecule has 0 spiro atoms. The number of aliphatic hydroxyl groups excluding tert-OH is 1. The predicted octanol–water partition coefficient (Wildman–Crippen LogP) is 1.91. The van der Waals surface area contributed by atoms with Crippen LogP contribution in [0.5, 0.6) is 0 Å². The summed E-state index contributed by atoms with van der Waals surface area (Å²) < 4.78 is 0. The molecule has 21 heavy (non-hydrogen) atoms. The van der Waals surface area contributed by atoms with Crippen molar-refractivity contribution in [3.8, 4) is 0 Å². The highest BCUT2D eigenvalue weighted by Gasteiger charge is 2.32. The van der Waals surface area contributed by atoms with Crippen molar-refractivity contribution in [2.45, 2.75) is 57.7 Å². The molecule has 4 heteroatoms. The maximum atomic E-state index is 12.3. The maximum Gasteiger partial charge on any atom is 0.223 e. The number of amides is 1. The third-order valence-corrected chi connectivity index (χ3v) is 4.25. The van der Waals surface area contributed by atoms with Gasteiger partial charge < -0.3 is 16.2 Å². The summed E-state index contributed by atoms with van der Waals surface area (Å²) >= 11 is 0. The minimum Gasteiger partial charge on any atom is -0.390 e. The smallest absolute Gasteiger partial charge is 0.223 e. The van der Waals surface area contributed by atoms with Crippen LogP contribution in [0.1, 0.15) is 50.3 Å². The second-order valence-corrected chi connectivity index (χ2v) is 6.27. The molecule has 1 aliphatic rings. The van der Waals surface area contributed by atoms with Crippen LogP contribution in [-0.2, 0) is 11.2 Å². The minimum atomic E-state index is -0.525. The van der Waals surface area contributed by atoms with Crippen molar-refractivity contribution < 1.29 is 9.90 Å². The predicted molar refractivity (Wildman–Crippen MR) is 83.7 cm³/mol. The molecule has 4 nitrogen and oxygen atoms in total. The van der Waals surface area contributed by atoms with E-state index in [-0.39, 0.29) is 23.9 Å². The highest BCUT2D eigenvalue weighted by atomic mass is 16.3. The Morgan fingerprint density at radius 1 is 1.38 bits per heavy atom. The van der Waals surface area contributed by atoms with Crippen LogP contribution < -0.4 is 11.1 Å². The lowest BCUT2D eigenvalue weighted by Gasteiger charge is -2.21. The molecular weight excluding hydrogens is 264 g/mol. The van der Waals surface area contributed by atoms with E-state index in [9.17, 15) is 9.90 Å². The highest BCUT2D eigenvalue weighted by molar-refractivity contribution is 5.79. The second-order valence-electron chi connectivity index (χ2n) is 6.27. The normalized spacial score (nSPS) is 23.4. The lowest BCUT2D eigenvalue weighted by molar-refractivity contribution is -0.126. The molecule has 0 aliphatic heterocycles. The third-order valence-electron chi connectivity index (χ3n) is 4.25. The minimum absolute atomic E-state index is 0.0143. The van der Waals surface area contributed by atoms with Gasteiger partial charge in [0.2, 0.25) is 5.91 Å². The zero-order valence-corrected chi connectivity index (χ0v) is 12.9. The summed E-state index contributed by atoms with van der Waals surface area (Å²) in [5.74, 6) is -0.0378. The number of nitrogens with one attached hydrogen (secondary N) is 1. The summed E-state index contributed by atoms with van der Waals surface area (Å²) in [7, 11) is 0. The van der Waals surface area contributed by atoms with Gasteiger partial charge in [-0.3, -0.25) is 4.79 Å². The van der Waals surface area contributed by atoms with E-state index in [0.29, 0.717) is 6.42 Å². The van der Waals surface area contributed by atoms with Gasteiger partial charge in [-0.25, -0.2) is 0 Å². The summed E-state index contributed by atoms with van der Waals surface area (Å²) in [6.45, 7) is 3.92. The van der Waals surface area contributed by atoms with Crippen LogP contribution in [0.2, 0.25) is 0 Å². The largest absolute Gasteiger partial charge is 0.390 e. The zero-order valence-electron chi connectivity index (χ0n) is 12.9. The van der Waals surface area contributed by atoms with Crippen LogP contribution >= 0.6 is 0 Å². The van der Waals surface area contributed by atoms with Gasteiger partial charge in [0.1, 0.15) is 0 Å². The Labute approximate surface area is 126 Å². The number of hydrogen-bond acceptors (Lipinski definition) is 3. The van der Waals surface area contributed by atoms with Gasteiger partial charge in [0.05, 0.1) is 12.1 Å². The van der Waals surface area contributed by atoms with Crippen molar-refractivity contribution in [2.75, 3.05) is 0 Å². The number of carbonyl (C=O) groups is 1. The zero-order chi connectivity index (χ0) is 15.4. The highest BCUT2D eigenvalue weighted by Crippen LogP contribution is 2.31. The van der Waals surface area contributed by atoms with Crippen molar-refractivity contribution in [3.05, 3.63) is 35.4 Å². The van der Waals surface area contributed by atoms with Crippen molar-refractivity contribution in [2.24, 2.45) is 11.7 Å². The molecule has 0 aromatic heterocycles. The van der Waals surface area contributed by atoms with Crippen molar-refractivity contribution in [3.63, 3.8) is 0 Å². The summed E-state index contributed by atoms with van der Waals surface area (Å²) in [6.07, 6.45) is 2.81. The van der Waals surface area contributed by atoms with E-state index in [2.05, 4.69) is 5.32 Å². The van der Waals surface area contributed by atoms with Gasteiger partial charge in [-0.15, -0.1) is 0 Å². The molecule has 1 aliphatic carbocycles. The fourth-order valence-electron chi connectivity index (χ4n) is 2.92. The molecule has 1 aromatic carbocycles. The Kier molecular flexibility index (Phi) is 5.37. The standard InChI is InChI=1S/C17H26N2O2/c1-11(6-5-7-12(2)18)17(21)19-16-14-9-4-3-8-13(14)10-15(16)20/h3-4,8-9,11-12,15-16,20H,5-7,10,18H2,1-2H3,(H,19,21)/t11?,12?,15-,16+/m1/s1. The molecular formula is C17H26N2O2. The lowest BCUT2D eigenvalue weighted by atomic mass is 10.00. The number of hydrogen-bond donors (Lipinski definition) is 3. The van der Waals surface area contributed by atoms with Crippen LogP contribution in [0.4, 0.5) is 0 Å². The number of carbonyl (C=O) groups excluding carboxylic acids is 1. The molecule has 0 fully saturated rings. The molecule has 0 heterocycles. The molecule has 0 saturated carbocycles. The molecule has 0 radical (unpaired) electrons. The van der Waals surface area contributed by atoms with Crippen molar-refractivity contribution in [1.82, 2.24) is 5.32 Å². The summed E-state index contributed by atoms with van der Waals surface area (Å²) in [4.78, 5) is 12.3. The third kappa shape index (κ3) is 4.05. The van der Waals surface area contributed by atoms with Gasteiger partial charge >= 0.3 is 0 Å². The van der Waals surface area contributed by atoms with Gasteiger partial charge in [-0.05, 0) is 30.9 Å². The molecule has 1 aromatic rings. The van der Waals surface area contributed by atoms with E-state index < -0.39 is 6.10 Å². The monoisotopic (exact) mass is 290 g/mol. The van der Waals surface area contributed by atoms with E-state index in [1.807, 2.05) is 38.1 Å². The van der Waals surface area contributed by atoms with Gasteiger partial charge in [0.15, 0.2) is 0 Å². The summed E-state index contributed by atoms with van der Waals surface area (Å²) in [6, 6.07) is 7.82. The van der Waals surface area contributed by atoms with Crippen molar-refractivity contribution in [1.29, 1.82) is 0 Å². The van der Waals surface area contributed by atoms with Gasteiger partial charge in [0.25, 0.3) is 0 Å². The van der Waals surface area contributed by atoms with Gasteiger partial charge in [-0.2, -0.15) is 0 Å². The first-order chi connectivity index (χ1) is 9.99. The Hall–Kier alpha value is -1.39. The average molecular weight is 290 g/mol. The van der Waals surface area contributed by atoms with E-state index in [4.69, 9.17) is 5.73 Å². The van der Waals surface area contributed by atoms with E-state index >= 15 is 0 Å². The van der Waals surface area contributed by atoms with Crippen LogP contribution in [0.25, 0.3) is 0 Å². The van der Waals surface area contributed by atoms with Crippen LogP contribution in [0.3, 0.4) is 0 Å². The van der Waals surface area contributed by atoms with E-state index in [1.165, 1.54) is 0 Å². The first-order valence-corrected chi connectivity index (χ1v) is 7.81. The molecule has 4 atom stereocenters. The molecule has 4 N–H and O–H groups in total. The molecule has 2 rings (SSSR count). The second kappa shape index (κ2) is 7.05. The van der Waals surface area contributed by atoms with Gasteiger partial charge in [-0.1, -0.05) is 37.6 Å². The topological polar surface area (TPSA) is 75.4 Å². The molecule has 2 unspecified atom stereocenters. The fraction of sp³-hybridized carbons (Fsp3) is 0.588. The molecule has 1 amide bonds. The molecule has 0 saturated heterocycles. The Bertz CT molecular complexity index is 487. The lowest BCUT2D eigenvalue weighted by Crippen LogP contribution is -2.37. The molecule has 0 bridgehead atoms. The van der Waals surface area contributed by atoms with Crippen LogP contribution in [-0.4, -0.2) is 23.2 Å². The fourth-order valence-corrected chi connectivity index (χ4v) is 2.92. The number of aliphatic hydroxyl groups is 1. The average Bonchev–Trinajstić information content (AvgIpc) is 2.74. The number of fused-ring (bicyclic) bond motifs is 1. The van der Waals surface area contributed by atoms with Crippen LogP contribution in [0.15, 0.2) is 24.3 Å². The number of rotatable bonds is 6. The quantitative estimate of drug-likeness (QED) is 0.749. The van der Waals surface area contributed by atoms with Crippen LogP contribution in [0, 0.1) is 5.92 Å². The maximum absolute atomic E-state index is 12.3. The SMILES string of the molecule is CC(N)CCCC(C)C(=O)N[C@H]1c2ccccc2C[C@H]1O. The van der Waals surface area contributed by atoms with E-state index in [0.717, 1.165) is 30.4 Å². The molecule has 116 valence electrons. The Balaban J connectivity index is 1.90. The van der Waals surface area contributed by atoms with Crippen molar-refractivity contribution >= 4 is 5.91 Å². The number of benzene rings is 1. The first kappa shape index (κ1) is 16.0. The summed E-state index contributed by atoms with van der Waals surface area (Å²) in [5.41, 5.74) is 7.89. The van der Waals surface area contributed by atoms with E-state index in [1.54, 1.807) is 0 Å². The van der Waals surface area contributed by atoms with Gasteiger partial charge in [0, 0.05) is 18.4 Å². The number of nitrogens with two attached hydrogens (primary N) is 1. The first-order valence-electron chi connectivity index (χ1n) is 7.81. The summed E-state index contributed by atoms with van der Waals surface area (Å²) in [5, 5.41) is 13.2. The Morgan fingerprint density at radius 3 is 2.81 bits per heavy atom.